The highest BCUT2D eigenvalue weighted by molar-refractivity contribution is 5.93. The van der Waals surface area contributed by atoms with Crippen molar-refractivity contribution in [1.29, 1.82) is 0 Å². The number of ether oxygens (including phenoxy) is 1. The Morgan fingerprint density at radius 2 is 1.75 bits per heavy atom. The van der Waals surface area contributed by atoms with Gasteiger partial charge in [0.25, 0.3) is 0 Å². The molecule has 3 amide bonds. The minimum atomic E-state index is -0.251. The standard InChI is InChI=1S/C18H27N3O3/c1-3-13(4-2)17(22)20-14-7-9-15(10-8-14)21-18(23)19-12-16-6-5-11-24-16/h7-10,13,16H,3-6,11-12H2,1-2H3,(H,20,22)(H2,19,21,23). The van der Waals surface area contributed by atoms with E-state index >= 15 is 0 Å². The van der Waals surface area contributed by atoms with E-state index in [-0.39, 0.29) is 24.0 Å². The van der Waals surface area contributed by atoms with Crippen molar-refractivity contribution in [2.24, 2.45) is 5.92 Å². The molecule has 1 fully saturated rings. The topological polar surface area (TPSA) is 79.5 Å². The maximum absolute atomic E-state index is 12.0. The molecule has 1 heterocycles. The van der Waals surface area contributed by atoms with Gasteiger partial charge in [-0.3, -0.25) is 4.79 Å². The van der Waals surface area contributed by atoms with Gasteiger partial charge in [-0.2, -0.15) is 0 Å². The number of carbonyl (C=O) groups excluding carboxylic acids is 2. The summed E-state index contributed by atoms with van der Waals surface area (Å²) < 4.78 is 5.46. The fourth-order valence-corrected chi connectivity index (χ4v) is 2.73. The summed E-state index contributed by atoms with van der Waals surface area (Å²) in [6.07, 6.45) is 3.82. The van der Waals surface area contributed by atoms with Gasteiger partial charge in [0, 0.05) is 30.4 Å². The average Bonchev–Trinajstić information content (AvgIpc) is 3.09. The van der Waals surface area contributed by atoms with E-state index in [0.717, 1.165) is 38.0 Å². The summed E-state index contributed by atoms with van der Waals surface area (Å²) in [6.45, 7) is 5.32. The van der Waals surface area contributed by atoms with Crippen LogP contribution in [-0.4, -0.2) is 31.2 Å². The monoisotopic (exact) mass is 333 g/mol. The SMILES string of the molecule is CCC(CC)C(=O)Nc1ccc(NC(=O)NCC2CCCO2)cc1. The Morgan fingerprint density at radius 1 is 1.12 bits per heavy atom. The summed E-state index contributed by atoms with van der Waals surface area (Å²) in [6, 6.07) is 6.87. The maximum Gasteiger partial charge on any atom is 0.319 e. The number of amides is 3. The number of nitrogens with one attached hydrogen (secondary N) is 3. The lowest BCUT2D eigenvalue weighted by Gasteiger charge is -2.14. The van der Waals surface area contributed by atoms with Crippen LogP contribution in [0.5, 0.6) is 0 Å². The van der Waals surface area contributed by atoms with Gasteiger partial charge in [-0.15, -0.1) is 0 Å². The van der Waals surface area contributed by atoms with Crippen molar-refractivity contribution < 1.29 is 14.3 Å². The zero-order valence-corrected chi connectivity index (χ0v) is 14.4. The number of benzene rings is 1. The van der Waals surface area contributed by atoms with Gasteiger partial charge in [0.05, 0.1) is 6.10 Å². The fraction of sp³-hybridized carbons (Fsp3) is 0.556. The minimum absolute atomic E-state index is 0.0337. The highest BCUT2D eigenvalue weighted by Gasteiger charge is 2.16. The van der Waals surface area contributed by atoms with Crippen molar-refractivity contribution in [3.05, 3.63) is 24.3 Å². The molecule has 0 bridgehead atoms. The van der Waals surface area contributed by atoms with E-state index in [1.165, 1.54) is 0 Å². The van der Waals surface area contributed by atoms with Crippen molar-refractivity contribution in [1.82, 2.24) is 5.32 Å². The average molecular weight is 333 g/mol. The van der Waals surface area contributed by atoms with Crippen molar-refractivity contribution >= 4 is 23.3 Å². The molecule has 2 rings (SSSR count). The Morgan fingerprint density at radius 3 is 2.29 bits per heavy atom. The van der Waals surface area contributed by atoms with Gasteiger partial charge in [-0.1, -0.05) is 13.8 Å². The third kappa shape index (κ3) is 5.53. The lowest BCUT2D eigenvalue weighted by atomic mass is 10.0. The number of rotatable bonds is 7. The molecule has 1 aromatic rings. The van der Waals surface area contributed by atoms with E-state index in [0.29, 0.717) is 12.2 Å². The highest BCUT2D eigenvalue weighted by Crippen LogP contribution is 2.16. The molecule has 1 unspecified atom stereocenters. The van der Waals surface area contributed by atoms with Gasteiger partial charge in [-0.05, 0) is 49.9 Å². The molecule has 1 aromatic carbocycles. The molecule has 1 saturated heterocycles. The fourth-order valence-electron chi connectivity index (χ4n) is 2.73. The van der Waals surface area contributed by atoms with Crippen molar-refractivity contribution in [2.75, 3.05) is 23.8 Å². The molecule has 1 aliphatic rings. The Hall–Kier alpha value is -2.08. The summed E-state index contributed by atoms with van der Waals surface area (Å²) in [7, 11) is 0. The first-order valence-corrected chi connectivity index (χ1v) is 8.69. The second-order valence-corrected chi connectivity index (χ2v) is 6.05. The second-order valence-electron chi connectivity index (χ2n) is 6.05. The van der Waals surface area contributed by atoms with Crippen LogP contribution in [0.1, 0.15) is 39.5 Å². The largest absolute Gasteiger partial charge is 0.376 e. The smallest absolute Gasteiger partial charge is 0.319 e. The molecule has 132 valence electrons. The van der Waals surface area contributed by atoms with E-state index in [4.69, 9.17) is 4.74 Å². The number of anilines is 2. The van der Waals surface area contributed by atoms with Crippen molar-refractivity contribution in [2.45, 2.75) is 45.6 Å². The minimum Gasteiger partial charge on any atom is -0.376 e. The van der Waals surface area contributed by atoms with Gasteiger partial charge < -0.3 is 20.7 Å². The molecule has 1 aliphatic heterocycles. The van der Waals surface area contributed by atoms with E-state index in [1.54, 1.807) is 24.3 Å². The van der Waals surface area contributed by atoms with Crippen LogP contribution in [0.2, 0.25) is 0 Å². The molecular weight excluding hydrogens is 306 g/mol. The van der Waals surface area contributed by atoms with E-state index in [2.05, 4.69) is 16.0 Å². The van der Waals surface area contributed by atoms with Crippen LogP contribution in [0.25, 0.3) is 0 Å². The van der Waals surface area contributed by atoms with Crippen molar-refractivity contribution in [3.8, 4) is 0 Å². The first kappa shape index (κ1) is 18.3. The van der Waals surface area contributed by atoms with Crippen molar-refractivity contribution in [3.63, 3.8) is 0 Å². The zero-order chi connectivity index (χ0) is 17.4. The van der Waals surface area contributed by atoms with Gasteiger partial charge in [0.1, 0.15) is 0 Å². The molecule has 0 spiro atoms. The Kier molecular flexibility index (Phi) is 7.06. The van der Waals surface area contributed by atoms with Crippen LogP contribution >= 0.6 is 0 Å². The maximum atomic E-state index is 12.0. The van der Waals surface area contributed by atoms with E-state index in [1.807, 2.05) is 13.8 Å². The number of urea groups is 1. The number of hydrogen-bond donors (Lipinski definition) is 3. The molecule has 0 aliphatic carbocycles. The molecule has 6 nitrogen and oxygen atoms in total. The van der Waals surface area contributed by atoms with Gasteiger partial charge >= 0.3 is 6.03 Å². The first-order chi connectivity index (χ1) is 11.6. The number of carbonyl (C=O) groups is 2. The van der Waals surface area contributed by atoms with Crippen LogP contribution in [0, 0.1) is 5.92 Å². The van der Waals surface area contributed by atoms with E-state index in [9.17, 15) is 9.59 Å². The highest BCUT2D eigenvalue weighted by atomic mass is 16.5. The molecular formula is C18H27N3O3. The van der Waals surface area contributed by atoms with Crippen LogP contribution in [0.4, 0.5) is 16.2 Å². The normalized spacial score (nSPS) is 16.9. The van der Waals surface area contributed by atoms with Crippen LogP contribution < -0.4 is 16.0 Å². The second kappa shape index (κ2) is 9.27. The third-order valence-corrected chi connectivity index (χ3v) is 4.28. The van der Waals surface area contributed by atoms with Gasteiger partial charge in [-0.25, -0.2) is 4.79 Å². The summed E-state index contributed by atoms with van der Waals surface area (Å²) >= 11 is 0. The van der Waals surface area contributed by atoms with Crippen LogP contribution in [-0.2, 0) is 9.53 Å². The van der Waals surface area contributed by atoms with Gasteiger partial charge in [0.15, 0.2) is 0 Å². The Labute approximate surface area is 143 Å². The molecule has 24 heavy (non-hydrogen) atoms. The molecule has 6 heteroatoms. The summed E-state index contributed by atoms with van der Waals surface area (Å²) in [5.41, 5.74) is 1.41. The van der Waals surface area contributed by atoms with Gasteiger partial charge in [0.2, 0.25) is 5.91 Å². The zero-order valence-electron chi connectivity index (χ0n) is 14.4. The summed E-state index contributed by atoms with van der Waals surface area (Å²) in [4.78, 5) is 23.9. The van der Waals surface area contributed by atoms with E-state index < -0.39 is 0 Å². The molecule has 0 radical (unpaired) electrons. The van der Waals surface area contributed by atoms with Crippen LogP contribution in [0.15, 0.2) is 24.3 Å². The molecule has 3 N–H and O–H groups in total. The third-order valence-electron chi connectivity index (χ3n) is 4.28. The Balaban J connectivity index is 1.78. The molecule has 1 atom stereocenters. The Bertz CT molecular complexity index is 535. The summed E-state index contributed by atoms with van der Waals surface area (Å²) in [5, 5.41) is 8.48. The number of hydrogen-bond acceptors (Lipinski definition) is 3. The predicted octanol–water partition coefficient (Wildman–Crippen LogP) is 3.36. The lowest BCUT2D eigenvalue weighted by Crippen LogP contribution is -2.35. The summed E-state index contributed by atoms with van der Waals surface area (Å²) in [5.74, 6) is 0.0707. The molecule has 0 aromatic heterocycles. The first-order valence-electron chi connectivity index (χ1n) is 8.69. The predicted molar refractivity (Wildman–Crippen MR) is 95.1 cm³/mol. The van der Waals surface area contributed by atoms with Crippen LogP contribution in [0.3, 0.4) is 0 Å². The molecule has 0 saturated carbocycles. The lowest BCUT2D eigenvalue weighted by molar-refractivity contribution is -0.120. The quantitative estimate of drug-likeness (QED) is 0.716.